The molecule has 1 aromatic heterocycles. The van der Waals surface area contributed by atoms with Crippen molar-refractivity contribution < 1.29 is 12.9 Å². The van der Waals surface area contributed by atoms with E-state index < -0.39 is 10.0 Å². The van der Waals surface area contributed by atoms with Crippen LogP contribution in [0.25, 0.3) is 0 Å². The smallest absolute Gasteiger partial charge is 0.243 e. The van der Waals surface area contributed by atoms with Crippen LogP contribution in [0.15, 0.2) is 39.8 Å². The molecule has 0 unspecified atom stereocenters. The highest BCUT2D eigenvalue weighted by Gasteiger charge is 2.18. The van der Waals surface area contributed by atoms with Crippen molar-refractivity contribution in [1.29, 1.82) is 0 Å². The summed E-state index contributed by atoms with van der Waals surface area (Å²) in [6.45, 7) is 1.79. The number of hydrazine groups is 1. The number of nitrogens with two attached hydrogens (primary N) is 1. The monoisotopic (exact) mass is 282 g/mol. The molecule has 0 amide bonds. The number of nitrogens with one attached hydrogen (secondary N) is 2. The molecule has 2 aromatic rings. The number of benzene rings is 1. The first kappa shape index (κ1) is 13.5. The van der Waals surface area contributed by atoms with Crippen molar-refractivity contribution >= 4 is 15.7 Å². The Labute approximate surface area is 110 Å². The largest absolute Gasteiger partial charge is 0.360 e. The average molecular weight is 282 g/mol. The second kappa shape index (κ2) is 5.39. The zero-order valence-electron chi connectivity index (χ0n) is 10.3. The molecule has 2 rings (SSSR count). The van der Waals surface area contributed by atoms with Gasteiger partial charge in [-0.3, -0.25) is 5.84 Å². The van der Waals surface area contributed by atoms with Gasteiger partial charge in [-0.1, -0.05) is 17.3 Å². The molecular formula is C11H14N4O3S. The molecule has 0 radical (unpaired) electrons. The molecule has 0 aliphatic heterocycles. The molecule has 0 spiro atoms. The van der Waals surface area contributed by atoms with Crippen LogP contribution in [0.3, 0.4) is 0 Å². The van der Waals surface area contributed by atoms with Crippen LogP contribution < -0.4 is 16.0 Å². The Morgan fingerprint density at radius 2 is 2.11 bits per heavy atom. The van der Waals surface area contributed by atoms with E-state index in [1.54, 1.807) is 31.2 Å². The predicted molar refractivity (Wildman–Crippen MR) is 69.5 cm³/mol. The summed E-state index contributed by atoms with van der Waals surface area (Å²) in [6, 6.07) is 8.01. The molecule has 0 atom stereocenters. The maximum Gasteiger partial charge on any atom is 0.243 e. The third-order valence-corrected chi connectivity index (χ3v) is 3.90. The Bertz CT molecular complexity index is 666. The summed E-state index contributed by atoms with van der Waals surface area (Å²) in [5.74, 6) is 5.73. The summed E-state index contributed by atoms with van der Waals surface area (Å²) in [4.78, 5) is 0.0775. The number of hydrogen-bond donors (Lipinski definition) is 3. The van der Waals surface area contributed by atoms with Gasteiger partial charge >= 0.3 is 0 Å². The molecule has 0 saturated heterocycles. The summed E-state index contributed by atoms with van der Waals surface area (Å²) in [6.07, 6.45) is 0. The van der Waals surface area contributed by atoms with Gasteiger partial charge in [0, 0.05) is 6.07 Å². The van der Waals surface area contributed by atoms with E-state index in [9.17, 15) is 8.42 Å². The highest BCUT2D eigenvalue weighted by atomic mass is 32.2. The number of anilines is 1. The van der Waals surface area contributed by atoms with Gasteiger partial charge < -0.3 is 9.95 Å². The Morgan fingerprint density at radius 1 is 1.37 bits per heavy atom. The first-order valence-electron chi connectivity index (χ1n) is 5.50. The van der Waals surface area contributed by atoms with Gasteiger partial charge in [0.05, 0.1) is 17.9 Å². The van der Waals surface area contributed by atoms with Gasteiger partial charge in [0.1, 0.15) is 4.90 Å². The highest BCUT2D eigenvalue weighted by Crippen LogP contribution is 2.19. The Morgan fingerprint density at radius 3 is 2.74 bits per heavy atom. The topological polar surface area (TPSA) is 110 Å². The third kappa shape index (κ3) is 3.11. The zero-order valence-corrected chi connectivity index (χ0v) is 11.1. The van der Waals surface area contributed by atoms with Crippen molar-refractivity contribution in [3.63, 3.8) is 0 Å². The fourth-order valence-corrected chi connectivity index (χ4v) is 2.73. The van der Waals surface area contributed by atoms with Crippen molar-refractivity contribution in [2.24, 2.45) is 5.84 Å². The molecule has 19 heavy (non-hydrogen) atoms. The van der Waals surface area contributed by atoms with E-state index in [0.29, 0.717) is 17.1 Å². The minimum atomic E-state index is -3.67. The van der Waals surface area contributed by atoms with Crippen molar-refractivity contribution in [2.75, 3.05) is 5.43 Å². The van der Waals surface area contributed by atoms with Gasteiger partial charge in [-0.2, -0.15) is 0 Å². The average Bonchev–Trinajstić information content (AvgIpc) is 2.82. The molecule has 7 nitrogen and oxygen atoms in total. The minimum Gasteiger partial charge on any atom is -0.360 e. The molecule has 0 bridgehead atoms. The van der Waals surface area contributed by atoms with Crippen molar-refractivity contribution in [2.45, 2.75) is 18.4 Å². The molecule has 102 valence electrons. The fourth-order valence-electron chi connectivity index (χ4n) is 1.56. The Kier molecular flexibility index (Phi) is 3.84. The normalized spacial score (nSPS) is 11.5. The number of nitrogen functional groups attached to an aromatic ring is 1. The van der Waals surface area contributed by atoms with Crippen LogP contribution in [-0.4, -0.2) is 13.6 Å². The van der Waals surface area contributed by atoms with Gasteiger partial charge in [0.15, 0.2) is 5.76 Å². The van der Waals surface area contributed by atoms with Crippen LogP contribution in [0.2, 0.25) is 0 Å². The molecular weight excluding hydrogens is 268 g/mol. The number of hydrogen-bond acceptors (Lipinski definition) is 6. The standard InChI is InChI=1S/C11H14N4O3S/c1-8-6-9(18-15-8)7-13-19(16,17)11-5-3-2-4-10(11)14-12/h2-6,13-14H,7,12H2,1H3. The highest BCUT2D eigenvalue weighted by molar-refractivity contribution is 7.89. The maximum atomic E-state index is 12.1. The predicted octanol–water partition coefficient (Wildman–Crippen LogP) is 0.747. The number of nitrogens with zero attached hydrogens (tertiary/aromatic N) is 1. The lowest BCUT2D eigenvalue weighted by molar-refractivity contribution is 0.377. The second-order valence-electron chi connectivity index (χ2n) is 3.90. The quantitative estimate of drug-likeness (QED) is 0.551. The first-order valence-corrected chi connectivity index (χ1v) is 6.99. The molecule has 0 fully saturated rings. The van der Waals surface area contributed by atoms with Gasteiger partial charge in [-0.05, 0) is 19.1 Å². The van der Waals surface area contributed by atoms with E-state index in [4.69, 9.17) is 10.4 Å². The van der Waals surface area contributed by atoms with Crippen LogP contribution in [0, 0.1) is 6.92 Å². The summed E-state index contributed by atoms with van der Waals surface area (Å²) < 4.78 is 31.6. The number of aryl methyl sites for hydroxylation is 1. The van der Waals surface area contributed by atoms with Crippen LogP contribution >= 0.6 is 0 Å². The Hall–Kier alpha value is -1.90. The van der Waals surface area contributed by atoms with Crippen LogP contribution in [0.1, 0.15) is 11.5 Å². The lowest BCUT2D eigenvalue weighted by Gasteiger charge is -2.09. The van der Waals surface area contributed by atoms with Crippen molar-refractivity contribution in [3.8, 4) is 0 Å². The zero-order chi connectivity index (χ0) is 13.9. The van der Waals surface area contributed by atoms with Crippen LogP contribution in [-0.2, 0) is 16.6 Å². The summed E-state index contributed by atoms with van der Waals surface area (Å²) in [5, 5.41) is 3.68. The number of rotatable bonds is 5. The van der Waals surface area contributed by atoms with Crippen LogP contribution in [0.4, 0.5) is 5.69 Å². The summed E-state index contributed by atoms with van der Waals surface area (Å²) in [7, 11) is -3.67. The lowest BCUT2D eigenvalue weighted by Crippen LogP contribution is -2.24. The van der Waals surface area contributed by atoms with Gasteiger partial charge in [-0.15, -0.1) is 0 Å². The molecule has 1 heterocycles. The van der Waals surface area contributed by atoms with E-state index in [1.165, 1.54) is 6.07 Å². The third-order valence-electron chi connectivity index (χ3n) is 2.45. The van der Waals surface area contributed by atoms with Gasteiger partial charge in [0.2, 0.25) is 10.0 Å². The van der Waals surface area contributed by atoms with E-state index in [1.807, 2.05) is 0 Å². The van der Waals surface area contributed by atoms with Gasteiger partial charge in [0.25, 0.3) is 0 Å². The molecule has 1 aromatic carbocycles. The van der Waals surface area contributed by atoms with Crippen LogP contribution in [0.5, 0.6) is 0 Å². The molecule has 0 saturated carbocycles. The summed E-state index contributed by atoms with van der Waals surface area (Å²) in [5.41, 5.74) is 3.36. The molecule has 8 heteroatoms. The second-order valence-corrected chi connectivity index (χ2v) is 5.64. The van der Waals surface area contributed by atoms with Gasteiger partial charge in [-0.25, -0.2) is 13.1 Å². The lowest BCUT2D eigenvalue weighted by atomic mass is 10.3. The molecule has 0 aliphatic carbocycles. The van der Waals surface area contributed by atoms with E-state index in [-0.39, 0.29) is 11.4 Å². The number of aromatic nitrogens is 1. The fraction of sp³-hybridized carbons (Fsp3) is 0.182. The maximum absolute atomic E-state index is 12.1. The van der Waals surface area contributed by atoms with E-state index >= 15 is 0 Å². The SMILES string of the molecule is Cc1cc(CNS(=O)(=O)c2ccccc2NN)on1. The van der Waals surface area contributed by atoms with E-state index in [0.717, 1.165) is 0 Å². The Balaban J connectivity index is 2.18. The minimum absolute atomic E-state index is 0.0298. The molecule has 4 N–H and O–H groups in total. The molecule has 0 aliphatic rings. The first-order chi connectivity index (χ1) is 9.03. The number of para-hydroxylation sites is 1. The number of sulfonamides is 1. The van der Waals surface area contributed by atoms with E-state index in [2.05, 4.69) is 15.3 Å². The van der Waals surface area contributed by atoms with Crippen molar-refractivity contribution in [1.82, 2.24) is 9.88 Å². The van der Waals surface area contributed by atoms with Crippen molar-refractivity contribution in [3.05, 3.63) is 41.8 Å². The summed E-state index contributed by atoms with van der Waals surface area (Å²) >= 11 is 0.